The second-order valence-corrected chi connectivity index (χ2v) is 3.14. The highest BCUT2D eigenvalue weighted by atomic mass is 16.3. The summed E-state index contributed by atoms with van der Waals surface area (Å²) in [5.41, 5.74) is 1.35. The van der Waals surface area contributed by atoms with E-state index in [4.69, 9.17) is 0 Å². The molecule has 58 valence electrons. The Hall–Kier alpha value is -0.300. The molecule has 1 aliphatic carbocycles. The van der Waals surface area contributed by atoms with Gasteiger partial charge in [-0.05, 0) is 26.7 Å². The summed E-state index contributed by atoms with van der Waals surface area (Å²) in [5, 5.41) is 9.45. The maximum absolute atomic E-state index is 9.45. The van der Waals surface area contributed by atoms with Gasteiger partial charge in [-0.1, -0.05) is 18.1 Å². The molecule has 0 aromatic rings. The van der Waals surface area contributed by atoms with Crippen LogP contribution in [-0.2, 0) is 0 Å². The highest BCUT2D eigenvalue weighted by Crippen LogP contribution is 2.30. The van der Waals surface area contributed by atoms with E-state index in [0.717, 1.165) is 6.42 Å². The van der Waals surface area contributed by atoms with E-state index < -0.39 is 0 Å². The molecule has 0 spiro atoms. The molecular formula is C9H16O. The average Bonchev–Trinajstić information content (AvgIpc) is 2.34. The van der Waals surface area contributed by atoms with Gasteiger partial charge in [0.15, 0.2) is 0 Å². The molecule has 0 radical (unpaired) electrons. The fraction of sp³-hybridized carbons (Fsp3) is 0.778. The van der Waals surface area contributed by atoms with Gasteiger partial charge in [0, 0.05) is 5.92 Å². The molecule has 0 amide bonds. The lowest BCUT2D eigenvalue weighted by atomic mass is 9.97. The molecule has 0 bridgehead atoms. The SMILES string of the molecule is C/C=C(/C)[C@H]1CCC[C@H]1O. The molecule has 2 atom stereocenters. The number of aliphatic hydroxyl groups is 1. The number of hydrogen-bond donors (Lipinski definition) is 1. The van der Waals surface area contributed by atoms with E-state index >= 15 is 0 Å². The molecule has 10 heavy (non-hydrogen) atoms. The van der Waals surface area contributed by atoms with Crippen LogP contribution in [0.4, 0.5) is 0 Å². The monoisotopic (exact) mass is 140 g/mol. The van der Waals surface area contributed by atoms with E-state index in [1.165, 1.54) is 18.4 Å². The minimum atomic E-state index is -0.0591. The Morgan fingerprint density at radius 3 is 2.60 bits per heavy atom. The maximum Gasteiger partial charge on any atom is 0.0605 e. The minimum absolute atomic E-state index is 0.0591. The molecule has 1 fully saturated rings. The van der Waals surface area contributed by atoms with Gasteiger partial charge in [-0.15, -0.1) is 0 Å². The van der Waals surface area contributed by atoms with E-state index in [9.17, 15) is 5.11 Å². The van der Waals surface area contributed by atoms with Crippen molar-refractivity contribution in [2.45, 2.75) is 39.2 Å². The number of rotatable bonds is 1. The van der Waals surface area contributed by atoms with Gasteiger partial charge in [-0.3, -0.25) is 0 Å². The first-order valence-corrected chi connectivity index (χ1v) is 4.06. The third-order valence-corrected chi connectivity index (χ3v) is 2.52. The lowest BCUT2D eigenvalue weighted by Gasteiger charge is -2.13. The van der Waals surface area contributed by atoms with E-state index in [1.54, 1.807) is 0 Å². The van der Waals surface area contributed by atoms with E-state index in [1.807, 2.05) is 6.92 Å². The van der Waals surface area contributed by atoms with Crippen molar-refractivity contribution in [3.8, 4) is 0 Å². The van der Waals surface area contributed by atoms with E-state index in [0.29, 0.717) is 5.92 Å². The lowest BCUT2D eigenvalue weighted by molar-refractivity contribution is 0.148. The van der Waals surface area contributed by atoms with Crippen LogP contribution in [0.1, 0.15) is 33.1 Å². The van der Waals surface area contributed by atoms with E-state index in [-0.39, 0.29) is 6.10 Å². The molecule has 0 unspecified atom stereocenters. The largest absolute Gasteiger partial charge is 0.393 e. The molecule has 0 aliphatic heterocycles. The van der Waals surface area contributed by atoms with Crippen LogP contribution in [-0.4, -0.2) is 11.2 Å². The zero-order valence-corrected chi connectivity index (χ0v) is 6.80. The summed E-state index contributed by atoms with van der Waals surface area (Å²) >= 11 is 0. The van der Waals surface area contributed by atoms with Crippen molar-refractivity contribution in [3.63, 3.8) is 0 Å². The van der Waals surface area contributed by atoms with Crippen LogP contribution in [0.2, 0.25) is 0 Å². The summed E-state index contributed by atoms with van der Waals surface area (Å²) in [7, 11) is 0. The summed E-state index contributed by atoms with van der Waals surface area (Å²) in [6.45, 7) is 4.15. The van der Waals surface area contributed by atoms with Crippen molar-refractivity contribution >= 4 is 0 Å². The third kappa shape index (κ3) is 1.40. The normalized spacial score (nSPS) is 34.9. The van der Waals surface area contributed by atoms with Crippen molar-refractivity contribution in [3.05, 3.63) is 11.6 Å². The van der Waals surface area contributed by atoms with Gasteiger partial charge in [0.2, 0.25) is 0 Å². The molecule has 1 heteroatoms. The molecule has 0 heterocycles. The molecule has 1 saturated carbocycles. The summed E-state index contributed by atoms with van der Waals surface area (Å²) in [6.07, 6.45) is 5.42. The predicted octanol–water partition coefficient (Wildman–Crippen LogP) is 2.11. The van der Waals surface area contributed by atoms with E-state index in [2.05, 4.69) is 13.0 Å². The van der Waals surface area contributed by atoms with Gasteiger partial charge in [-0.2, -0.15) is 0 Å². The van der Waals surface area contributed by atoms with Gasteiger partial charge in [0.05, 0.1) is 6.10 Å². The first kappa shape index (κ1) is 7.80. The molecule has 1 nitrogen and oxygen atoms in total. The third-order valence-electron chi connectivity index (χ3n) is 2.52. The lowest BCUT2D eigenvalue weighted by Crippen LogP contribution is -2.13. The van der Waals surface area contributed by atoms with Gasteiger partial charge >= 0.3 is 0 Å². The molecular weight excluding hydrogens is 124 g/mol. The minimum Gasteiger partial charge on any atom is -0.393 e. The van der Waals surface area contributed by atoms with Gasteiger partial charge in [0.25, 0.3) is 0 Å². The molecule has 0 aromatic carbocycles. The Morgan fingerprint density at radius 1 is 1.50 bits per heavy atom. The van der Waals surface area contributed by atoms with Gasteiger partial charge in [-0.25, -0.2) is 0 Å². The van der Waals surface area contributed by atoms with Crippen LogP contribution >= 0.6 is 0 Å². The average molecular weight is 140 g/mol. The molecule has 0 saturated heterocycles. The zero-order valence-electron chi connectivity index (χ0n) is 6.80. The first-order chi connectivity index (χ1) is 4.75. The Labute approximate surface area is 62.8 Å². The van der Waals surface area contributed by atoms with Crippen molar-refractivity contribution < 1.29 is 5.11 Å². The molecule has 0 aromatic heterocycles. The fourth-order valence-electron chi connectivity index (χ4n) is 1.69. The second kappa shape index (κ2) is 3.20. The van der Waals surface area contributed by atoms with Crippen LogP contribution in [0.25, 0.3) is 0 Å². The quantitative estimate of drug-likeness (QED) is 0.553. The van der Waals surface area contributed by atoms with Crippen LogP contribution < -0.4 is 0 Å². The summed E-state index contributed by atoms with van der Waals surface area (Å²) < 4.78 is 0. The summed E-state index contributed by atoms with van der Waals surface area (Å²) in [5.74, 6) is 0.463. The van der Waals surface area contributed by atoms with Crippen LogP contribution in [0.5, 0.6) is 0 Å². The zero-order chi connectivity index (χ0) is 7.56. The molecule has 1 rings (SSSR count). The smallest absolute Gasteiger partial charge is 0.0605 e. The highest BCUT2D eigenvalue weighted by Gasteiger charge is 2.25. The van der Waals surface area contributed by atoms with Crippen LogP contribution in [0.15, 0.2) is 11.6 Å². The fourth-order valence-corrected chi connectivity index (χ4v) is 1.69. The number of hydrogen-bond acceptors (Lipinski definition) is 1. The molecule has 1 aliphatic rings. The number of allylic oxidation sites excluding steroid dienone is 1. The van der Waals surface area contributed by atoms with Crippen molar-refractivity contribution in [1.29, 1.82) is 0 Å². The van der Waals surface area contributed by atoms with Crippen molar-refractivity contribution in [2.24, 2.45) is 5.92 Å². The van der Waals surface area contributed by atoms with Crippen molar-refractivity contribution in [2.75, 3.05) is 0 Å². The summed E-state index contributed by atoms with van der Waals surface area (Å²) in [6, 6.07) is 0. The predicted molar refractivity (Wildman–Crippen MR) is 42.8 cm³/mol. The summed E-state index contributed by atoms with van der Waals surface area (Å²) in [4.78, 5) is 0. The second-order valence-electron chi connectivity index (χ2n) is 3.14. The maximum atomic E-state index is 9.45. The Balaban J connectivity index is 2.55. The molecule has 1 N–H and O–H groups in total. The Bertz CT molecular complexity index is 138. The topological polar surface area (TPSA) is 20.2 Å². The van der Waals surface area contributed by atoms with Gasteiger partial charge in [0.1, 0.15) is 0 Å². The first-order valence-electron chi connectivity index (χ1n) is 4.06. The van der Waals surface area contributed by atoms with Crippen LogP contribution in [0, 0.1) is 5.92 Å². The number of aliphatic hydroxyl groups excluding tert-OH is 1. The standard InChI is InChI=1S/C9H16O/c1-3-7(2)8-5-4-6-9(8)10/h3,8-10H,4-6H2,1-2H3/b7-3-/t8-,9-/m1/s1. The van der Waals surface area contributed by atoms with Crippen LogP contribution in [0.3, 0.4) is 0 Å². The highest BCUT2D eigenvalue weighted by molar-refractivity contribution is 5.06. The van der Waals surface area contributed by atoms with Gasteiger partial charge < -0.3 is 5.11 Å². The Kier molecular flexibility index (Phi) is 2.50. The Morgan fingerprint density at radius 2 is 2.20 bits per heavy atom. The van der Waals surface area contributed by atoms with Crippen molar-refractivity contribution in [1.82, 2.24) is 0 Å².